The molecule has 0 aliphatic heterocycles. The summed E-state index contributed by atoms with van der Waals surface area (Å²) in [5.41, 5.74) is 0. The monoisotopic (exact) mass is 216 g/mol. The van der Waals surface area contributed by atoms with E-state index in [4.69, 9.17) is 19.3 Å². The maximum Gasteiger partial charge on any atom is 0.321 e. The van der Waals surface area contributed by atoms with Crippen LogP contribution in [0.4, 0.5) is 0 Å². The highest BCUT2D eigenvalue weighted by Crippen LogP contribution is 2.36. The molecule has 1 atom stereocenters. The van der Waals surface area contributed by atoms with Crippen molar-refractivity contribution in [2.45, 2.75) is 6.10 Å². The minimum atomic E-state index is -3.56. The number of hydrogen-bond acceptors (Lipinski definition) is 4. The zero-order valence-corrected chi connectivity index (χ0v) is 8.68. The highest BCUT2D eigenvalue weighted by atomic mass is 32.5. The molecule has 7 heteroatoms. The molecule has 74 valence electrons. The summed E-state index contributed by atoms with van der Waals surface area (Å²) in [4.78, 5) is 17.4. The van der Waals surface area contributed by atoms with Crippen molar-refractivity contribution in [1.29, 1.82) is 0 Å². The first-order valence-electron chi connectivity index (χ1n) is 3.21. The van der Waals surface area contributed by atoms with Crippen LogP contribution in [0.3, 0.4) is 0 Å². The molecule has 0 fully saturated rings. The third kappa shape index (κ3) is 7.12. The van der Waals surface area contributed by atoms with Gasteiger partial charge < -0.3 is 23.8 Å². The first-order valence-corrected chi connectivity index (χ1v) is 5.84. The van der Waals surface area contributed by atoms with Crippen LogP contribution in [0.25, 0.3) is 0 Å². The van der Waals surface area contributed by atoms with Gasteiger partial charge in [-0.3, -0.25) is 0 Å². The predicted octanol–water partition coefficient (Wildman–Crippen LogP) is -0.126. The molecule has 0 aromatic rings. The smallest absolute Gasteiger partial charge is 0.321 e. The van der Waals surface area contributed by atoms with Gasteiger partial charge in [-0.05, 0) is 11.8 Å². The van der Waals surface area contributed by atoms with Crippen molar-refractivity contribution in [1.82, 2.24) is 0 Å². The van der Waals surface area contributed by atoms with Gasteiger partial charge in [0, 0.05) is 14.2 Å². The Balaban J connectivity index is 3.65. The highest BCUT2D eigenvalue weighted by molar-refractivity contribution is 8.06. The van der Waals surface area contributed by atoms with Crippen molar-refractivity contribution in [3.05, 3.63) is 0 Å². The molecular formula is C5H13O5PS. The summed E-state index contributed by atoms with van der Waals surface area (Å²) in [5, 5.41) is 0. The van der Waals surface area contributed by atoms with Crippen LogP contribution >= 0.6 is 6.72 Å². The first kappa shape index (κ1) is 12.4. The molecule has 0 spiro atoms. The molecule has 0 saturated carbocycles. The molecule has 0 bridgehead atoms. The molecule has 12 heavy (non-hydrogen) atoms. The summed E-state index contributed by atoms with van der Waals surface area (Å²) in [6.07, 6.45) is -0.323. The van der Waals surface area contributed by atoms with Gasteiger partial charge in [0.05, 0.1) is 13.2 Å². The Labute approximate surface area is 76.5 Å². The number of methoxy groups -OCH3 is 2. The second kappa shape index (κ2) is 5.99. The lowest BCUT2D eigenvalue weighted by Crippen LogP contribution is -2.22. The zero-order valence-electron chi connectivity index (χ0n) is 6.97. The first-order chi connectivity index (χ1) is 5.49. The van der Waals surface area contributed by atoms with Crippen molar-refractivity contribution in [2.24, 2.45) is 0 Å². The molecule has 0 saturated heterocycles. The topological polar surface area (TPSA) is 68.2 Å². The largest absolute Gasteiger partial charge is 0.382 e. The minimum Gasteiger partial charge on any atom is -0.382 e. The Morgan fingerprint density at radius 1 is 1.33 bits per heavy atom. The average Bonchev–Trinajstić information content (AvgIpc) is 1.96. The van der Waals surface area contributed by atoms with Crippen LogP contribution in [-0.2, 0) is 25.8 Å². The molecule has 1 unspecified atom stereocenters. The lowest BCUT2D eigenvalue weighted by molar-refractivity contribution is -0.00179. The molecule has 0 aromatic carbocycles. The van der Waals surface area contributed by atoms with E-state index >= 15 is 0 Å². The highest BCUT2D eigenvalue weighted by Gasteiger charge is 2.13. The van der Waals surface area contributed by atoms with Crippen LogP contribution in [0, 0.1) is 0 Å². The second-order valence-corrected chi connectivity index (χ2v) is 4.77. The molecule has 0 rings (SSSR count). The zero-order chi connectivity index (χ0) is 9.61. The Hall–Kier alpha value is 0.450. The van der Waals surface area contributed by atoms with E-state index in [9.17, 15) is 0 Å². The summed E-state index contributed by atoms with van der Waals surface area (Å²) in [6, 6.07) is 0. The fraction of sp³-hybridized carbons (Fsp3) is 1.00. The van der Waals surface area contributed by atoms with E-state index in [0.29, 0.717) is 6.61 Å². The predicted molar refractivity (Wildman–Crippen MR) is 47.3 cm³/mol. The summed E-state index contributed by atoms with van der Waals surface area (Å²) in [7, 11) is 2.99. The van der Waals surface area contributed by atoms with Crippen LogP contribution in [-0.4, -0.2) is 43.3 Å². The van der Waals surface area contributed by atoms with E-state index in [1.165, 1.54) is 14.2 Å². The van der Waals surface area contributed by atoms with E-state index in [0.717, 1.165) is 0 Å². The van der Waals surface area contributed by atoms with Crippen LogP contribution in [0.1, 0.15) is 0 Å². The lowest BCUT2D eigenvalue weighted by atomic mass is 10.4. The summed E-state index contributed by atoms with van der Waals surface area (Å²) < 4.78 is 14.2. The van der Waals surface area contributed by atoms with Crippen molar-refractivity contribution in [2.75, 3.05) is 27.4 Å². The third-order valence-electron chi connectivity index (χ3n) is 1.11. The van der Waals surface area contributed by atoms with E-state index < -0.39 is 6.72 Å². The van der Waals surface area contributed by atoms with Crippen molar-refractivity contribution < 1.29 is 23.8 Å². The Morgan fingerprint density at radius 2 is 1.92 bits per heavy atom. The number of hydrogen-bond donors (Lipinski definition) is 2. The Bertz CT molecular complexity index is 158. The number of ether oxygens (including phenoxy) is 2. The molecule has 0 radical (unpaired) electrons. The van der Waals surface area contributed by atoms with Gasteiger partial charge in [-0.15, -0.1) is 0 Å². The average molecular weight is 216 g/mol. The molecule has 0 aliphatic rings. The van der Waals surface area contributed by atoms with Crippen LogP contribution in [0.15, 0.2) is 0 Å². The SMILES string of the molecule is COCC(COP(O)(O)=S)OC. The third-order valence-corrected chi connectivity index (χ3v) is 1.92. The van der Waals surface area contributed by atoms with Gasteiger partial charge in [-0.25, -0.2) is 0 Å². The van der Waals surface area contributed by atoms with E-state index in [-0.39, 0.29) is 12.7 Å². The molecular weight excluding hydrogens is 203 g/mol. The van der Waals surface area contributed by atoms with Gasteiger partial charge in [-0.2, -0.15) is 0 Å². The molecule has 5 nitrogen and oxygen atoms in total. The Kier molecular flexibility index (Phi) is 6.21. The summed E-state index contributed by atoms with van der Waals surface area (Å²) in [5.74, 6) is 0. The normalized spacial score (nSPS) is 14.7. The molecule has 0 amide bonds. The van der Waals surface area contributed by atoms with E-state index in [1.807, 2.05) is 0 Å². The fourth-order valence-electron chi connectivity index (χ4n) is 0.550. The van der Waals surface area contributed by atoms with Gasteiger partial charge in [0.15, 0.2) is 0 Å². The second-order valence-electron chi connectivity index (χ2n) is 2.10. The fourth-order valence-corrected chi connectivity index (χ4v) is 1.09. The van der Waals surface area contributed by atoms with Crippen molar-refractivity contribution in [3.63, 3.8) is 0 Å². The summed E-state index contributed by atoms with van der Waals surface area (Å²) in [6.45, 7) is -3.21. The maximum atomic E-state index is 8.69. The Morgan fingerprint density at radius 3 is 2.25 bits per heavy atom. The van der Waals surface area contributed by atoms with Gasteiger partial charge >= 0.3 is 6.72 Å². The molecule has 0 aliphatic carbocycles. The molecule has 0 aromatic heterocycles. The quantitative estimate of drug-likeness (QED) is 0.603. The van der Waals surface area contributed by atoms with Gasteiger partial charge in [0.2, 0.25) is 0 Å². The molecule has 2 N–H and O–H groups in total. The standard InChI is InChI=1S/C5H13O5PS/c1-8-3-5(9-2)4-10-11(6,7)12/h5H,3-4H2,1-2H3,(H2,6,7,12). The summed E-state index contributed by atoms with van der Waals surface area (Å²) >= 11 is 4.24. The lowest BCUT2D eigenvalue weighted by Gasteiger charge is -2.15. The minimum absolute atomic E-state index is 0.0224. The molecule has 0 heterocycles. The number of rotatable bonds is 6. The van der Waals surface area contributed by atoms with E-state index in [1.54, 1.807) is 0 Å². The van der Waals surface area contributed by atoms with Crippen LogP contribution in [0.2, 0.25) is 0 Å². The van der Waals surface area contributed by atoms with Crippen molar-refractivity contribution in [3.8, 4) is 0 Å². The van der Waals surface area contributed by atoms with Gasteiger partial charge in [-0.1, -0.05) is 0 Å². The maximum absolute atomic E-state index is 8.69. The van der Waals surface area contributed by atoms with Gasteiger partial charge in [0.1, 0.15) is 6.10 Å². The van der Waals surface area contributed by atoms with Crippen LogP contribution in [0.5, 0.6) is 0 Å². The van der Waals surface area contributed by atoms with E-state index in [2.05, 4.69) is 16.3 Å². The van der Waals surface area contributed by atoms with Gasteiger partial charge in [0.25, 0.3) is 0 Å². The van der Waals surface area contributed by atoms with Crippen LogP contribution < -0.4 is 0 Å². The van der Waals surface area contributed by atoms with Crippen molar-refractivity contribution >= 4 is 18.5 Å².